The highest BCUT2D eigenvalue weighted by Crippen LogP contribution is 2.22. The van der Waals surface area contributed by atoms with E-state index in [9.17, 15) is 0 Å². The second-order valence-electron chi connectivity index (χ2n) is 5.58. The number of H-pyrrole nitrogens is 1. The molecule has 2 rings (SSSR count). The van der Waals surface area contributed by atoms with Crippen LogP contribution in [0, 0.1) is 6.92 Å². The number of aromatic nitrogens is 1. The summed E-state index contributed by atoms with van der Waals surface area (Å²) in [6.07, 6.45) is 0.949. The minimum absolute atomic E-state index is 0. The number of rotatable bonds is 5. The Bertz CT molecular complexity index is 616. The SMILES string of the molecule is CCNC(=NCCc1c(C)[nH]c2ccccc12)NC(C)C.I. The number of aryl methyl sites for hydroxylation is 1. The van der Waals surface area contributed by atoms with Crippen molar-refractivity contribution in [3.63, 3.8) is 0 Å². The monoisotopic (exact) mass is 414 g/mol. The molecule has 0 spiro atoms. The first kappa shape index (κ1) is 18.8. The average Bonchev–Trinajstić information content (AvgIpc) is 2.75. The molecule has 0 saturated carbocycles. The Labute approximate surface area is 150 Å². The minimum atomic E-state index is 0. The van der Waals surface area contributed by atoms with Crippen LogP contribution in [0.3, 0.4) is 0 Å². The maximum atomic E-state index is 4.66. The van der Waals surface area contributed by atoms with Crippen LogP contribution in [0.25, 0.3) is 10.9 Å². The van der Waals surface area contributed by atoms with E-state index in [1.54, 1.807) is 0 Å². The summed E-state index contributed by atoms with van der Waals surface area (Å²) >= 11 is 0. The number of hydrogen-bond acceptors (Lipinski definition) is 1. The van der Waals surface area contributed by atoms with Gasteiger partial charge in [-0.25, -0.2) is 0 Å². The number of halogens is 1. The van der Waals surface area contributed by atoms with Gasteiger partial charge >= 0.3 is 0 Å². The van der Waals surface area contributed by atoms with Gasteiger partial charge in [0.05, 0.1) is 0 Å². The van der Waals surface area contributed by atoms with Crippen molar-refractivity contribution in [3.8, 4) is 0 Å². The average molecular weight is 414 g/mol. The van der Waals surface area contributed by atoms with E-state index in [4.69, 9.17) is 0 Å². The zero-order chi connectivity index (χ0) is 15.2. The molecule has 0 atom stereocenters. The summed E-state index contributed by atoms with van der Waals surface area (Å²) in [5.41, 5.74) is 3.82. The predicted molar refractivity (Wildman–Crippen MR) is 106 cm³/mol. The summed E-state index contributed by atoms with van der Waals surface area (Å²) in [4.78, 5) is 8.10. The molecule has 3 N–H and O–H groups in total. The third-order valence-corrected chi connectivity index (χ3v) is 3.43. The van der Waals surface area contributed by atoms with Crippen molar-refractivity contribution >= 4 is 40.8 Å². The first-order valence-corrected chi connectivity index (χ1v) is 7.72. The van der Waals surface area contributed by atoms with Crippen LogP contribution in [0.2, 0.25) is 0 Å². The molecular formula is C17H27IN4. The quantitative estimate of drug-likeness (QED) is 0.398. The second-order valence-corrected chi connectivity index (χ2v) is 5.58. The molecule has 0 aliphatic carbocycles. The highest BCUT2D eigenvalue weighted by atomic mass is 127. The number of hydrogen-bond donors (Lipinski definition) is 3. The van der Waals surface area contributed by atoms with Crippen molar-refractivity contribution in [3.05, 3.63) is 35.5 Å². The molecule has 1 aromatic heterocycles. The fraction of sp³-hybridized carbons (Fsp3) is 0.471. The van der Waals surface area contributed by atoms with Crippen LogP contribution in [0.5, 0.6) is 0 Å². The van der Waals surface area contributed by atoms with Crippen molar-refractivity contribution in [1.29, 1.82) is 0 Å². The van der Waals surface area contributed by atoms with Crippen LogP contribution in [-0.4, -0.2) is 30.1 Å². The van der Waals surface area contributed by atoms with Gasteiger partial charge in [0.25, 0.3) is 0 Å². The van der Waals surface area contributed by atoms with Crippen molar-refractivity contribution in [2.45, 2.75) is 40.2 Å². The van der Waals surface area contributed by atoms with Gasteiger partial charge in [0.2, 0.25) is 0 Å². The topological polar surface area (TPSA) is 52.2 Å². The molecule has 1 heterocycles. The van der Waals surface area contributed by atoms with E-state index in [-0.39, 0.29) is 24.0 Å². The van der Waals surface area contributed by atoms with Gasteiger partial charge in [-0.1, -0.05) is 18.2 Å². The molecule has 0 unspecified atom stereocenters. The van der Waals surface area contributed by atoms with E-state index in [1.165, 1.54) is 22.2 Å². The molecule has 0 saturated heterocycles. The number of nitrogens with zero attached hydrogens (tertiary/aromatic N) is 1. The predicted octanol–water partition coefficient (Wildman–Crippen LogP) is 3.60. The molecule has 5 heteroatoms. The van der Waals surface area contributed by atoms with Crippen LogP contribution < -0.4 is 10.6 Å². The number of fused-ring (bicyclic) bond motifs is 1. The van der Waals surface area contributed by atoms with Gasteiger partial charge in [-0.05, 0) is 45.7 Å². The Kier molecular flexibility index (Phi) is 7.72. The molecule has 0 bridgehead atoms. The number of aliphatic imine (C=N–C) groups is 1. The number of aromatic amines is 1. The highest BCUT2D eigenvalue weighted by molar-refractivity contribution is 14.0. The van der Waals surface area contributed by atoms with Crippen LogP contribution in [0.15, 0.2) is 29.3 Å². The lowest BCUT2D eigenvalue weighted by Crippen LogP contribution is -2.41. The zero-order valence-electron chi connectivity index (χ0n) is 13.9. The molecule has 0 radical (unpaired) electrons. The van der Waals surface area contributed by atoms with E-state index in [1.807, 2.05) is 0 Å². The van der Waals surface area contributed by atoms with E-state index in [2.05, 4.69) is 72.6 Å². The Hall–Kier alpha value is -1.24. The fourth-order valence-electron chi connectivity index (χ4n) is 2.53. The molecule has 1 aromatic carbocycles. The summed E-state index contributed by atoms with van der Waals surface area (Å²) in [7, 11) is 0. The van der Waals surface area contributed by atoms with Gasteiger partial charge < -0.3 is 15.6 Å². The minimum Gasteiger partial charge on any atom is -0.358 e. The van der Waals surface area contributed by atoms with Crippen LogP contribution in [0.1, 0.15) is 32.0 Å². The van der Waals surface area contributed by atoms with Gasteiger partial charge in [0.1, 0.15) is 0 Å². The molecule has 2 aromatic rings. The van der Waals surface area contributed by atoms with Gasteiger partial charge in [-0.2, -0.15) is 0 Å². The Balaban J connectivity index is 0.00000242. The van der Waals surface area contributed by atoms with Crippen molar-refractivity contribution in [2.24, 2.45) is 4.99 Å². The van der Waals surface area contributed by atoms with Crippen molar-refractivity contribution in [1.82, 2.24) is 15.6 Å². The zero-order valence-corrected chi connectivity index (χ0v) is 16.2. The lowest BCUT2D eigenvalue weighted by molar-refractivity contribution is 0.700. The number of guanidine groups is 1. The standard InChI is InChI=1S/C17H26N4.HI/c1-5-18-17(20-12(2)3)19-11-10-14-13(4)21-16-9-7-6-8-15(14)16;/h6-9,12,21H,5,10-11H2,1-4H3,(H2,18,19,20);1H. The third kappa shape index (κ3) is 4.90. The highest BCUT2D eigenvalue weighted by Gasteiger charge is 2.07. The lowest BCUT2D eigenvalue weighted by Gasteiger charge is -2.13. The van der Waals surface area contributed by atoms with Gasteiger partial charge in [0, 0.05) is 35.7 Å². The summed E-state index contributed by atoms with van der Waals surface area (Å²) < 4.78 is 0. The molecule has 0 fully saturated rings. The Morgan fingerprint density at radius 1 is 1.27 bits per heavy atom. The Morgan fingerprint density at radius 2 is 2.00 bits per heavy atom. The van der Waals surface area contributed by atoms with Crippen molar-refractivity contribution < 1.29 is 0 Å². The fourth-order valence-corrected chi connectivity index (χ4v) is 2.53. The smallest absolute Gasteiger partial charge is 0.191 e. The first-order valence-electron chi connectivity index (χ1n) is 7.72. The van der Waals surface area contributed by atoms with E-state index in [0.29, 0.717) is 6.04 Å². The molecule has 0 aliphatic rings. The largest absolute Gasteiger partial charge is 0.358 e. The van der Waals surface area contributed by atoms with Crippen molar-refractivity contribution in [2.75, 3.05) is 13.1 Å². The van der Waals surface area contributed by atoms with Crippen LogP contribution in [-0.2, 0) is 6.42 Å². The van der Waals surface area contributed by atoms with Gasteiger partial charge in [-0.3, -0.25) is 4.99 Å². The van der Waals surface area contributed by atoms with Gasteiger partial charge in [-0.15, -0.1) is 24.0 Å². The summed E-state index contributed by atoms with van der Waals surface area (Å²) in [6.45, 7) is 10.1. The maximum absolute atomic E-state index is 4.66. The lowest BCUT2D eigenvalue weighted by atomic mass is 10.1. The number of nitrogens with one attached hydrogen (secondary N) is 3. The molecule has 0 amide bonds. The van der Waals surface area contributed by atoms with Crippen LogP contribution >= 0.6 is 24.0 Å². The number of benzene rings is 1. The normalized spacial score (nSPS) is 11.6. The van der Waals surface area contributed by atoms with Crippen LogP contribution in [0.4, 0.5) is 0 Å². The summed E-state index contributed by atoms with van der Waals surface area (Å²) in [5, 5.41) is 7.93. The molecule has 122 valence electrons. The second kappa shape index (κ2) is 9.02. The van der Waals surface area contributed by atoms with Gasteiger partial charge in [0.15, 0.2) is 5.96 Å². The molecule has 22 heavy (non-hydrogen) atoms. The first-order chi connectivity index (χ1) is 10.1. The van der Waals surface area contributed by atoms with E-state index >= 15 is 0 Å². The third-order valence-electron chi connectivity index (χ3n) is 3.43. The maximum Gasteiger partial charge on any atom is 0.191 e. The molecule has 0 aliphatic heterocycles. The van der Waals surface area contributed by atoms with E-state index < -0.39 is 0 Å². The molecular weight excluding hydrogens is 387 g/mol. The summed E-state index contributed by atoms with van der Waals surface area (Å²) in [6, 6.07) is 8.84. The van der Waals surface area contributed by atoms with E-state index in [0.717, 1.165) is 25.5 Å². The number of para-hydroxylation sites is 1. The summed E-state index contributed by atoms with van der Waals surface area (Å²) in [5.74, 6) is 0.894. The molecule has 4 nitrogen and oxygen atoms in total. The Morgan fingerprint density at radius 3 is 2.68 bits per heavy atom.